The van der Waals surface area contributed by atoms with Gasteiger partial charge in [0.2, 0.25) is 0 Å². The molecule has 1 atom stereocenters. The van der Waals surface area contributed by atoms with Crippen LogP contribution < -0.4 is 4.74 Å². The van der Waals surface area contributed by atoms with E-state index in [1.807, 2.05) is 13.8 Å². The number of hydrogen-bond donors (Lipinski definition) is 1. The number of aromatic hydroxyl groups is 1. The van der Waals surface area contributed by atoms with Crippen LogP contribution in [0.4, 0.5) is 0 Å². The zero-order valence-corrected chi connectivity index (χ0v) is 8.31. The van der Waals surface area contributed by atoms with Crippen LogP contribution in [0.25, 0.3) is 0 Å². The van der Waals surface area contributed by atoms with Gasteiger partial charge in [-0.25, -0.2) is 4.98 Å². The Bertz CT molecular complexity index is 240. The van der Waals surface area contributed by atoms with Gasteiger partial charge in [0.15, 0.2) is 5.06 Å². The van der Waals surface area contributed by atoms with Gasteiger partial charge >= 0.3 is 0 Å². The first-order valence-electron chi connectivity index (χ1n) is 3.96. The predicted molar refractivity (Wildman–Crippen MR) is 48.9 cm³/mol. The Kier molecular flexibility index (Phi) is 2.92. The number of aryl methyl sites for hydroxylation is 1. The smallest absolute Gasteiger partial charge is 0.277 e. The van der Waals surface area contributed by atoms with Crippen LogP contribution in [0.15, 0.2) is 0 Å². The van der Waals surface area contributed by atoms with Crippen LogP contribution in [-0.4, -0.2) is 16.2 Å². The average molecular weight is 187 g/mol. The minimum atomic E-state index is 0.162. The molecule has 0 saturated carbocycles. The maximum Gasteiger partial charge on any atom is 0.277 e. The van der Waals surface area contributed by atoms with Gasteiger partial charge in [0.25, 0.3) is 5.19 Å². The molecule has 0 saturated heterocycles. The van der Waals surface area contributed by atoms with Gasteiger partial charge in [-0.2, -0.15) is 0 Å². The van der Waals surface area contributed by atoms with Gasteiger partial charge in [-0.15, -0.1) is 0 Å². The summed E-state index contributed by atoms with van der Waals surface area (Å²) in [5.41, 5.74) is 0.637. The minimum Gasteiger partial charge on any atom is -0.498 e. The first-order valence-corrected chi connectivity index (χ1v) is 4.78. The van der Waals surface area contributed by atoms with Crippen molar-refractivity contribution in [3.05, 3.63) is 5.69 Å². The van der Waals surface area contributed by atoms with Crippen molar-refractivity contribution in [1.29, 1.82) is 0 Å². The van der Waals surface area contributed by atoms with Crippen molar-refractivity contribution in [2.75, 3.05) is 0 Å². The van der Waals surface area contributed by atoms with E-state index in [2.05, 4.69) is 4.98 Å². The molecule has 4 heteroatoms. The topological polar surface area (TPSA) is 42.4 Å². The molecule has 0 spiro atoms. The summed E-state index contributed by atoms with van der Waals surface area (Å²) in [6.45, 7) is 5.79. The third-order valence-corrected chi connectivity index (χ3v) is 2.48. The molecular formula is C8H13NO2S. The van der Waals surface area contributed by atoms with Crippen molar-refractivity contribution >= 4 is 11.3 Å². The van der Waals surface area contributed by atoms with E-state index in [4.69, 9.17) is 4.74 Å². The Morgan fingerprint density at radius 3 is 2.75 bits per heavy atom. The second kappa shape index (κ2) is 3.76. The van der Waals surface area contributed by atoms with Crippen molar-refractivity contribution in [2.45, 2.75) is 33.3 Å². The van der Waals surface area contributed by atoms with Crippen LogP contribution in [-0.2, 0) is 0 Å². The Labute approximate surface area is 76.0 Å². The molecule has 12 heavy (non-hydrogen) atoms. The van der Waals surface area contributed by atoms with Gasteiger partial charge in [-0.3, -0.25) is 0 Å². The maximum atomic E-state index is 9.20. The summed E-state index contributed by atoms with van der Waals surface area (Å²) in [6, 6.07) is 0. The summed E-state index contributed by atoms with van der Waals surface area (Å²) in [7, 11) is 0. The standard InChI is InChI=1S/C8H13NO2S/c1-4-5(2)11-8-9-6(3)7(10)12-8/h5,10H,4H2,1-3H3. The highest BCUT2D eigenvalue weighted by Crippen LogP contribution is 2.31. The Balaban J connectivity index is 2.64. The Morgan fingerprint density at radius 2 is 2.33 bits per heavy atom. The van der Waals surface area contributed by atoms with E-state index >= 15 is 0 Å². The first kappa shape index (κ1) is 9.32. The summed E-state index contributed by atoms with van der Waals surface area (Å²) in [4.78, 5) is 4.04. The lowest BCUT2D eigenvalue weighted by atomic mass is 10.3. The molecule has 0 aliphatic heterocycles. The van der Waals surface area contributed by atoms with E-state index < -0.39 is 0 Å². The van der Waals surface area contributed by atoms with Crippen molar-refractivity contribution in [1.82, 2.24) is 4.98 Å². The fourth-order valence-corrected chi connectivity index (χ4v) is 1.42. The molecule has 0 radical (unpaired) electrons. The molecule has 1 unspecified atom stereocenters. The number of hydrogen-bond acceptors (Lipinski definition) is 4. The van der Waals surface area contributed by atoms with Crippen LogP contribution >= 0.6 is 11.3 Å². The lowest BCUT2D eigenvalue weighted by molar-refractivity contribution is 0.216. The SMILES string of the molecule is CCC(C)Oc1nc(C)c(O)s1. The number of rotatable bonds is 3. The molecule has 1 aromatic heterocycles. The van der Waals surface area contributed by atoms with E-state index in [1.54, 1.807) is 6.92 Å². The molecule has 0 amide bonds. The molecular weight excluding hydrogens is 174 g/mol. The molecule has 1 heterocycles. The molecule has 0 aromatic carbocycles. The van der Waals surface area contributed by atoms with Gasteiger partial charge in [-0.1, -0.05) is 6.92 Å². The number of nitrogens with zero attached hydrogens (tertiary/aromatic N) is 1. The van der Waals surface area contributed by atoms with Crippen LogP contribution in [0.3, 0.4) is 0 Å². The van der Waals surface area contributed by atoms with E-state index in [0.29, 0.717) is 10.9 Å². The highest BCUT2D eigenvalue weighted by molar-refractivity contribution is 7.15. The van der Waals surface area contributed by atoms with Crippen molar-refractivity contribution < 1.29 is 9.84 Å². The second-order valence-corrected chi connectivity index (χ2v) is 3.65. The third-order valence-electron chi connectivity index (χ3n) is 1.63. The van der Waals surface area contributed by atoms with Crippen LogP contribution in [0.5, 0.6) is 10.3 Å². The summed E-state index contributed by atoms with van der Waals surface area (Å²) >= 11 is 1.18. The average Bonchev–Trinajstić information content (AvgIpc) is 2.31. The summed E-state index contributed by atoms with van der Waals surface area (Å²) in [6.07, 6.45) is 1.11. The molecule has 0 fully saturated rings. The first-order chi connectivity index (χ1) is 5.63. The third kappa shape index (κ3) is 2.11. The quantitative estimate of drug-likeness (QED) is 0.789. The predicted octanol–water partition coefficient (Wildman–Crippen LogP) is 2.33. The highest BCUT2D eigenvalue weighted by Gasteiger charge is 2.08. The van der Waals surface area contributed by atoms with Crippen LogP contribution in [0.1, 0.15) is 26.0 Å². The number of ether oxygens (including phenoxy) is 1. The summed E-state index contributed by atoms with van der Waals surface area (Å²) in [5.74, 6) is 0. The largest absolute Gasteiger partial charge is 0.498 e. The fraction of sp³-hybridized carbons (Fsp3) is 0.625. The summed E-state index contributed by atoms with van der Waals surface area (Å²) < 4.78 is 5.41. The van der Waals surface area contributed by atoms with Gasteiger partial charge < -0.3 is 9.84 Å². The number of aromatic nitrogens is 1. The van der Waals surface area contributed by atoms with Crippen LogP contribution in [0.2, 0.25) is 0 Å². The van der Waals surface area contributed by atoms with E-state index in [0.717, 1.165) is 6.42 Å². The normalized spacial score (nSPS) is 12.9. The Morgan fingerprint density at radius 1 is 1.67 bits per heavy atom. The fourth-order valence-electron chi connectivity index (χ4n) is 0.670. The molecule has 0 bridgehead atoms. The minimum absolute atomic E-state index is 0.162. The molecule has 1 aromatic rings. The van der Waals surface area contributed by atoms with Gasteiger partial charge in [-0.05, 0) is 31.6 Å². The van der Waals surface area contributed by atoms with Crippen molar-refractivity contribution in [3.8, 4) is 10.3 Å². The maximum absolute atomic E-state index is 9.20. The zero-order valence-electron chi connectivity index (χ0n) is 7.50. The highest BCUT2D eigenvalue weighted by atomic mass is 32.1. The Hall–Kier alpha value is -0.770. The van der Waals surface area contributed by atoms with Crippen LogP contribution in [0, 0.1) is 6.92 Å². The van der Waals surface area contributed by atoms with Gasteiger partial charge in [0.1, 0.15) is 0 Å². The summed E-state index contributed by atoms with van der Waals surface area (Å²) in [5, 5.41) is 10.0. The molecule has 1 rings (SSSR count). The zero-order chi connectivity index (χ0) is 9.14. The lowest BCUT2D eigenvalue weighted by Crippen LogP contribution is -2.09. The van der Waals surface area contributed by atoms with Gasteiger partial charge in [0, 0.05) is 0 Å². The van der Waals surface area contributed by atoms with E-state index in [9.17, 15) is 5.11 Å². The van der Waals surface area contributed by atoms with E-state index in [1.165, 1.54) is 11.3 Å². The molecule has 3 nitrogen and oxygen atoms in total. The monoisotopic (exact) mass is 187 g/mol. The second-order valence-electron chi connectivity index (χ2n) is 2.71. The molecule has 0 aliphatic carbocycles. The molecule has 0 aliphatic rings. The lowest BCUT2D eigenvalue weighted by Gasteiger charge is -2.07. The van der Waals surface area contributed by atoms with Crippen molar-refractivity contribution in [2.24, 2.45) is 0 Å². The van der Waals surface area contributed by atoms with Crippen molar-refractivity contribution in [3.63, 3.8) is 0 Å². The molecule has 68 valence electrons. The van der Waals surface area contributed by atoms with E-state index in [-0.39, 0.29) is 11.2 Å². The number of thiazole rings is 1. The van der Waals surface area contributed by atoms with Gasteiger partial charge in [0.05, 0.1) is 11.8 Å². The molecule has 1 N–H and O–H groups in total.